The van der Waals surface area contributed by atoms with E-state index in [2.05, 4.69) is 15.2 Å². The topological polar surface area (TPSA) is 58.4 Å². The molecule has 1 aromatic rings. The highest BCUT2D eigenvalue weighted by molar-refractivity contribution is 5.93. The van der Waals surface area contributed by atoms with Crippen LogP contribution in [0.5, 0.6) is 0 Å². The Kier molecular flexibility index (Phi) is 4.88. The van der Waals surface area contributed by atoms with Gasteiger partial charge in [0.05, 0.1) is 0 Å². The first-order valence-corrected chi connectivity index (χ1v) is 9.79. The molecule has 1 saturated heterocycles. The molecule has 0 spiro atoms. The van der Waals surface area contributed by atoms with Crippen molar-refractivity contribution in [1.29, 1.82) is 0 Å². The van der Waals surface area contributed by atoms with Crippen LogP contribution in [-0.4, -0.2) is 41.0 Å². The molecular formula is C19H29N3O2. The van der Waals surface area contributed by atoms with Gasteiger partial charge in [0, 0.05) is 24.5 Å². The van der Waals surface area contributed by atoms with Gasteiger partial charge in [0.15, 0.2) is 12.1 Å². The number of carbonyl (C=O) groups is 1. The zero-order chi connectivity index (χ0) is 16.4. The van der Waals surface area contributed by atoms with E-state index in [4.69, 9.17) is 4.42 Å². The van der Waals surface area contributed by atoms with Gasteiger partial charge in [-0.1, -0.05) is 25.7 Å². The molecule has 1 N–H and O–H groups in total. The van der Waals surface area contributed by atoms with E-state index in [0.717, 1.165) is 37.6 Å². The highest BCUT2D eigenvalue weighted by Crippen LogP contribution is 2.41. The third kappa shape index (κ3) is 3.66. The van der Waals surface area contributed by atoms with Gasteiger partial charge in [0.25, 0.3) is 5.91 Å². The van der Waals surface area contributed by atoms with Gasteiger partial charge in [-0.2, -0.15) is 0 Å². The van der Waals surface area contributed by atoms with E-state index in [9.17, 15) is 4.79 Å². The number of likely N-dealkylation sites (tertiary alicyclic amines) is 1. The first kappa shape index (κ1) is 16.1. The molecule has 24 heavy (non-hydrogen) atoms. The minimum Gasteiger partial charge on any atom is -0.447 e. The summed E-state index contributed by atoms with van der Waals surface area (Å²) in [5, 5.41) is 3.23. The third-order valence-corrected chi connectivity index (χ3v) is 5.89. The van der Waals surface area contributed by atoms with Crippen molar-refractivity contribution < 1.29 is 9.21 Å². The van der Waals surface area contributed by atoms with Crippen LogP contribution in [0.1, 0.15) is 86.4 Å². The van der Waals surface area contributed by atoms with Crippen LogP contribution in [0.15, 0.2) is 10.8 Å². The van der Waals surface area contributed by atoms with Crippen LogP contribution in [0.4, 0.5) is 0 Å². The molecule has 0 unspecified atom stereocenters. The second-order valence-electron chi connectivity index (χ2n) is 7.79. The molecule has 2 saturated carbocycles. The minimum absolute atomic E-state index is 0.0432. The average molecular weight is 331 g/mol. The second kappa shape index (κ2) is 7.26. The fourth-order valence-corrected chi connectivity index (χ4v) is 4.39. The van der Waals surface area contributed by atoms with Gasteiger partial charge < -0.3 is 9.73 Å². The zero-order valence-corrected chi connectivity index (χ0v) is 14.5. The Morgan fingerprint density at radius 1 is 1.08 bits per heavy atom. The summed E-state index contributed by atoms with van der Waals surface area (Å²) in [6, 6.07) is 0.972. The third-order valence-electron chi connectivity index (χ3n) is 5.89. The molecule has 3 aliphatic rings. The molecule has 132 valence electrons. The summed E-state index contributed by atoms with van der Waals surface area (Å²) >= 11 is 0. The number of rotatable bonds is 4. The SMILES string of the molecule is O=C(N[C@H]1CCCN(C2CCCCCC2)C1)c1ncoc1C1CC1. The molecule has 1 atom stereocenters. The number of hydrogen-bond donors (Lipinski definition) is 1. The van der Waals surface area contributed by atoms with Crippen molar-refractivity contribution in [3.8, 4) is 0 Å². The van der Waals surface area contributed by atoms with E-state index >= 15 is 0 Å². The molecule has 0 aromatic carbocycles. The molecule has 5 heteroatoms. The number of carbonyl (C=O) groups excluding carboxylic acids is 1. The molecule has 0 bridgehead atoms. The number of amides is 1. The molecule has 2 heterocycles. The first-order chi connectivity index (χ1) is 11.8. The quantitative estimate of drug-likeness (QED) is 0.858. The molecular weight excluding hydrogens is 302 g/mol. The lowest BCUT2D eigenvalue weighted by Crippen LogP contribution is -2.51. The molecule has 5 nitrogen and oxygen atoms in total. The summed E-state index contributed by atoms with van der Waals surface area (Å²) < 4.78 is 5.45. The summed E-state index contributed by atoms with van der Waals surface area (Å²) in [7, 11) is 0. The Morgan fingerprint density at radius 2 is 1.88 bits per heavy atom. The fraction of sp³-hybridized carbons (Fsp3) is 0.789. The number of piperidine rings is 1. The maximum Gasteiger partial charge on any atom is 0.273 e. The predicted octanol–water partition coefficient (Wildman–Crippen LogP) is 3.47. The van der Waals surface area contributed by atoms with E-state index in [1.54, 1.807) is 0 Å². The van der Waals surface area contributed by atoms with Gasteiger partial charge >= 0.3 is 0 Å². The number of nitrogens with zero attached hydrogens (tertiary/aromatic N) is 2. The van der Waals surface area contributed by atoms with E-state index in [1.807, 2.05) is 0 Å². The van der Waals surface area contributed by atoms with Crippen molar-refractivity contribution in [1.82, 2.24) is 15.2 Å². The van der Waals surface area contributed by atoms with Gasteiger partial charge in [-0.15, -0.1) is 0 Å². The molecule has 2 aliphatic carbocycles. The first-order valence-electron chi connectivity index (χ1n) is 9.79. The smallest absolute Gasteiger partial charge is 0.273 e. The van der Waals surface area contributed by atoms with Crippen molar-refractivity contribution in [2.45, 2.75) is 82.2 Å². The zero-order valence-electron chi connectivity index (χ0n) is 14.5. The lowest BCUT2D eigenvalue weighted by molar-refractivity contribution is 0.0854. The highest BCUT2D eigenvalue weighted by atomic mass is 16.3. The number of nitrogens with one attached hydrogen (secondary N) is 1. The largest absolute Gasteiger partial charge is 0.447 e. The van der Waals surface area contributed by atoms with Crippen LogP contribution in [0, 0.1) is 0 Å². The Balaban J connectivity index is 1.35. The van der Waals surface area contributed by atoms with E-state index in [0.29, 0.717) is 11.6 Å². The van der Waals surface area contributed by atoms with Crippen LogP contribution in [0.2, 0.25) is 0 Å². The molecule has 4 rings (SSSR count). The van der Waals surface area contributed by atoms with E-state index in [1.165, 1.54) is 57.9 Å². The fourth-order valence-electron chi connectivity index (χ4n) is 4.39. The normalized spacial score (nSPS) is 26.9. The molecule has 1 aromatic heterocycles. The van der Waals surface area contributed by atoms with Crippen LogP contribution in [0.3, 0.4) is 0 Å². The van der Waals surface area contributed by atoms with Crippen molar-refractivity contribution in [3.05, 3.63) is 17.8 Å². The Bertz CT molecular complexity index is 559. The van der Waals surface area contributed by atoms with Crippen LogP contribution >= 0.6 is 0 Å². The predicted molar refractivity (Wildman–Crippen MR) is 92.0 cm³/mol. The molecule has 1 aliphatic heterocycles. The minimum atomic E-state index is -0.0432. The summed E-state index contributed by atoms with van der Waals surface area (Å²) in [5.41, 5.74) is 0.518. The second-order valence-corrected chi connectivity index (χ2v) is 7.79. The van der Waals surface area contributed by atoms with E-state index in [-0.39, 0.29) is 11.9 Å². The summed E-state index contributed by atoms with van der Waals surface area (Å²) in [6.07, 6.45) is 14.1. The lowest BCUT2D eigenvalue weighted by Gasteiger charge is -2.38. The lowest BCUT2D eigenvalue weighted by atomic mass is 9.99. The molecule has 0 radical (unpaired) electrons. The Morgan fingerprint density at radius 3 is 2.62 bits per heavy atom. The summed E-state index contributed by atoms with van der Waals surface area (Å²) in [6.45, 7) is 2.18. The van der Waals surface area contributed by atoms with Gasteiger partial charge in [-0.3, -0.25) is 9.69 Å². The van der Waals surface area contributed by atoms with Gasteiger partial charge in [0.2, 0.25) is 0 Å². The number of oxazole rings is 1. The Hall–Kier alpha value is -1.36. The molecule has 3 fully saturated rings. The monoisotopic (exact) mass is 331 g/mol. The van der Waals surface area contributed by atoms with E-state index < -0.39 is 0 Å². The van der Waals surface area contributed by atoms with Gasteiger partial charge in [-0.05, 0) is 45.1 Å². The van der Waals surface area contributed by atoms with Crippen molar-refractivity contribution in [2.24, 2.45) is 0 Å². The van der Waals surface area contributed by atoms with Crippen molar-refractivity contribution >= 4 is 5.91 Å². The molecule has 1 amide bonds. The standard InChI is InChI=1S/C19H29N3O2/c23-19(17-18(14-9-10-14)24-13-20-17)21-15-6-5-11-22(12-15)16-7-3-1-2-4-8-16/h13-16H,1-12H2,(H,21,23)/t15-/m0/s1. The van der Waals surface area contributed by atoms with Crippen LogP contribution < -0.4 is 5.32 Å². The summed E-state index contributed by atoms with van der Waals surface area (Å²) in [5.74, 6) is 1.17. The summed E-state index contributed by atoms with van der Waals surface area (Å²) in [4.78, 5) is 19.4. The van der Waals surface area contributed by atoms with Crippen molar-refractivity contribution in [2.75, 3.05) is 13.1 Å². The Labute approximate surface area is 144 Å². The van der Waals surface area contributed by atoms with Crippen LogP contribution in [-0.2, 0) is 0 Å². The van der Waals surface area contributed by atoms with Crippen LogP contribution in [0.25, 0.3) is 0 Å². The van der Waals surface area contributed by atoms with Gasteiger partial charge in [0.1, 0.15) is 5.76 Å². The average Bonchev–Trinajstić information content (AvgIpc) is 3.38. The maximum atomic E-state index is 12.6. The number of hydrogen-bond acceptors (Lipinski definition) is 4. The maximum absolute atomic E-state index is 12.6. The number of aromatic nitrogens is 1. The highest BCUT2D eigenvalue weighted by Gasteiger charge is 2.34. The van der Waals surface area contributed by atoms with Gasteiger partial charge in [-0.25, -0.2) is 4.98 Å². The van der Waals surface area contributed by atoms with Crippen molar-refractivity contribution in [3.63, 3.8) is 0 Å².